The van der Waals surface area contributed by atoms with Gasteiger partial charge in [0.1, 0.15) is 0 Å². The zero-order valence-corrected chi connectivity index (χ0v) is 18.0. The van der Waals surface area contributed by atoms with Gasteiger partial charge in [-0.3, -0.25) is 9.59 Å². The van der Waals surface area contributed by atoms with Crippen LogP contribution in [0.1, 0.15) is 21.0 Å². The maximum Gasteiger partial charge on any atom is 0.276 e. The van der Waals surface area contributed by atoms with Crippen molar-refractivity contribution in [2.45, 2.75) is 0 Å². The lowest BCUT2D eigenvalue weighted by Gasteiger charge is -2.24. The second kappa shape index (κ2) is 13.6. The number of carbonyl (C=O) groups is 2. The Hall–Kier alpha value is -2.54. The minimum atomic E-state index is -0.476. The molecule has 0 radical (unpaired) electrons. The van der Waals surface area contributed by atoms with Gasteiger partial charge in [0.25, 0.3) is 11.8 Å². The van der Waals surface area contributed by atoms with E-state index >= 15 is 0 Å². The average Bonchev–Trinajstić information content (AvgIpc) is 2.74. The minimum Gasteiger partial charge on any atom is -0.383 e. The molecular weight excluding hydrogens is 396 g/mol. The van der Waals surface area contributed by atoms with Crippen LogP contribution in [0.5, 0.6) is 0 Å². The molecule has 1 aromatic heterocycles. The first-order valence-corrected chi connectivity index (χ1v) is 9.38. The number of carbonyl (C=O) groups excluding carboxylic acids is 2. The van der Waals surface area contributed by atoms with Crippen molar-refractivity contribution >= 4 is 23.5 Å². The molecule has 0 aromatic carbocycles. The van der Waals surface area contributed by atoms with Crippen molar-refractivity contribution in [1.29, 1.82) is 0 Å². The number of amides is 2. The number of nitrogens with two attached hydrogens (primary N) is 2. The van der Waals surface area contributed by atoms with Gasteiger partial charge in [0.05, 0.1) is 26.4 Å². The van der Waals surface area contributed by atoms with Crippen molar-refractivity contribution in [1.82, 2.24) is 19.8 Å². The number of rotatable bonds is 14. The second-order valence-electron chi connectivity index (χ2n) is 6.25. The van der Waals surface area contributed by atoms with Crippen molar-refractivity contribution in [3.05, 3.63) is 11.4 Å². The Morgan fingerprint density at radius 3 is 1.17 bits per heavy atom. The summed E-state index contributed by atoms with van der Waals surface area (Å²) in [6.07, 6.45) is 0. The molecule has 0 fully saturated rings. The summed E-state index contributed by atoms with van der Waals surface area (Å²) >= 11 is 0. The monoisotopic (exact) mass is 428 g/mol. The maximum absolute atomic E-state index is 12.9. The van der Waals surface area contributed by atoms with E-state index in [1.165, 1.54) is 38.2 Å². The van der Waals surface area contributed by atoms with Crippen LogP contribution in [0.25, 0.3) is 0 Å². The Morgan fingerprint density at radius 2 is 0.933 bits per heavy atom. The largest absolute Gasteiger partial charge is 0.383 e. The van der Waals surface area contributed by atoms with E-state index in [1.807, 2.05) is 0 Å². The summed E-state index contributed by atoms with van der Waals surface area (Å²) in [5.41, 5.74) is 11.7. The third kappa shape index (κ3) is 7.37. The molecule has 30 heavy (non-hydrogen) atoms. The standard InChI is InChI=1S/C18H32N6O6/c1-27-9-5-23(6-10-28-2)17(25)13-15(19)22-14(16(20)21-13)18(26)24(7-11-29-3)8-12-30-4/h5-12H2,1-4H3,(H2,20,21)(H2,19,22). The zero-order chi connectivity index (χ0) is 22.5. The fourth-order valence-electron chi connectivity index (χ4n) is 2.51. The van der Waals surface area contributed by atoms with E-state index in [-0.39, 0.29) is 23.0 Å². The lowest BCUT2D eigenvalue weighted by Crippen LogP contribution is -2.39. The topological polar surface area (TPSA) is 155 Å². The molecule has 0 spiro atoms. The van der Waals surface area contributed by atoms with E-state index < -0.39 is 11.8 Å². The summed E-state index contributed by atoms with van der Waals surface area (Å²) in [5, 5.41) is 0. The first-order chi connectivity index (χ1) is 14.4. The normalized spacial score (nSPS) is 10.8. The third-order valence-electron chi connectivity index (χ3n) is 4.19. The number of anilines is 2. The summed E-state index contributed by atoms with van der Waals surface area (Å²) in [6, 6.07) is 0. The molecule has 4 N–H and O–H groups in total. The molecule has 1 aromatic rings. The molecule has 170 valence electrons. The molecule has 0 bridgehead atoms. The number of ether oxygens (including phenoxy) is 4. The summed E-state index contributed by atoms with van der Waals surface area (Å²) in [5.74, 6) is -1.32. The number of hydrogen-bond acceptors (Lipinski definition) is 10. The molecule has 0 aliphatic rings. The predicted octanol–water partition coefficient (Wildman–Crippen LogP) is -0.889. The Kier molecular flexibility index (Phi) is 11.6. The SMILES string of the molecule is COCCN(CCOC)C(=O)c1nc(N)c(C(=O)N(CCOC)CCOC)nc1N. The number of nitrogens with zero attached hydrogens (tertiary/aromatic N) is 4. The highest BCUT2D eigenvalue weighted by molar-refractivity contribution is 6.00. The van der Waals surface area contributed by atoms with Crippen LogP contribution in [-0.2, 0) is 18.9 Å². The predicted molar refractivity (Wildman–Crippen MR) is 110 cm³/mol. The molecular formula is C18H32N6O6. The van der Waals surface area contributed by atoms with Crippen LogP contribution in [0.3, 0.4) is 0 Å². The quantitative estimate of drug-likeness (QED) is 0.381. The first kappa shape index (κ1) is 25.5. The van der Waals surface area contributed by atoms with Gasteiger partial charge in [0.15, 0.2) is 23.0 Å². The van der Waals surface area contributed by atoms with Crippen LogP contribution in [0.2, 0.25) is 0 Å². The first-order valence-electron chi connectivity index (χ1n) is 9.38. The van der Waals surface area contributed by atoms with E-state index in [1.54, 1.807) is 0 Å². The van der Waals surface area contributed by atoms with E-state index in [4.69, 9.17) is 30.4 Å². The summed E-state index contributed by atoms with van der Waals surface area (Å²) in [6.45, 7) is 2.52. The smallest absolute Gasteiger partial charge is 0.276 e. The van der Waals surface area contributed by atoms with Gasteiger partial charge in [0, 0.05) is 54.6 Å². The van der Waals surface area contributed by atoms with Crippen LogP contribution >= 0.6 is 0 Å². The Balaban J connectivity index is 3.13. The molecule has 0 saturated carbocycles. The lowest BCUT2D eigenvalue weighted by molar-refractivity contribution is 0.0611. The van der Waals surface area contributed by atoms with E-state index in [0.29, 0.717) is 52.6 Å². The lowest BCUT2D eigenvalue weighted by atomic mass is 10.2. The fraction of sp³-hybridized carbons (Fsp3) is 0.667. The fourth-order valence-corrected chi connectivity index (χ4v) is 2.51. The number of methoxy groups -OCH3 is 4. The van der Waals surface area contributed by atoms with Crippen LogP contribution < -0.4 is 11.5 Å². The third-order valence-corrected chi connectivity index (χ3v) is 4.19. The van der Waals surface area contributed by atoms with Gasteiger partial charge in [-0.15, -0.1) is 0 Å². The van der Waals surface area contributed by atoms with Gasteiger partial charge in [0.2, 0.25) is 0 Å². The molecule has 12 nitrogen and oxygen atoms in total. The van der Waals surface area contributed by atoms with Crippen molar-refractivity contribution in [3.8, 4) is 0 Å². The highest BCUT2D eigenvalue weighted by Gasteiger charge is 2.26. The maximum atomic E-state index is 12.9. The molecule has 0 aliphatic heterocycles. The van der Waals surface area contributed by atoms with Crippen LogP contribution in [0.15, 0.2) is 0 Å². The molecule has 2 amide bonds. The summed E-state index contributed by atoms with van der Waals surface area (Å²) in [7, 11) is 6.13. The Morgan fingerprint density at radius 1 is 0.667 bits per heavy atom. The summed E-state index contributed by atoms with van der Waals surface area (Å²) < 4.78 is 20.1. The number of nitrogen functional groups attached to an aromatic ring is 2. The zero-order valence-electron chi connectivity index (χ0n) is 18.0. The molecule has 0 saturated heterocycles. The van der Waals surface area contributed by atoms with Crippen LogP contribution in [0, 0.1) is 0 Å². The van der Waals surface area contributed by atoms with Crippen molar-refractivity contribution in [3.63, 3.8) is 0 Å². The average molecular weight is 428 g/mol. The Bertz CT molecular complexity index is 616. The molecule has 1 heterocycles. The van der Waals surface area contributed by atoms with Crippen LogP contribution in [0.4, 0.5) is 11.6 Å². The van der Waals surface area contributed by atoms with Crippen molar-refractivity contribution in [2.75, 3.05) is 92.5 Å². The van der Waals surface area contributed by atoms with Gasteiger partial charge >= 0.3 is 0 Å². The van der Waals surface area contributed by atoms with Gasteiger partial charge in [-0.1, -0.05) is 0 Å². The molecule has 1 rings (SSSR count). The van der Waals surface area contributed by atoms with E-state index in [9.17, 15) is 9.59 Å². The van der Waals surface area contributed by atoms with Crippen molar-refractivity contribution < 1.29 is 28.5 Å². The van der Waals surface area contributed by atoms with Gasteiger partial charge < -0.3 is 40.2 Å². The molecule has 0 atom stereocenters. The summed E-state index contributed by atoms with van der Waals surface area (Å²) in [4.78, 5) is 36.9. The minimum absolute atomic E-state index is 0.128. The second-order valence-corrected chi connectivity index (χ2v) is 6.25. The Labute approximate surface area is 176 Å². The number of hydrogen-bond donors (Lipinski definition) is 2. The number of aromatic nitrogens is 2. The highest BCUT2D eigenvalue weighted by atomic mass is 16.5. The molecule has 12 heteroatoms. The van der Waals surface area contributed by atoms with Gasteiger partial charge in [-0.2, -0.15) is 0 Å². The van der Waals surface area contributed by atoms with Crippen LogP contribution in [-0.4, -0.2) is 113 Å². The van der Waals surface area contributed by atoms with E-state index in [2.05, 4.69) is 9.97 Å². The van der Waals surface area contributed by atoms with Crippen molar-refractivity contribution in [2.24, 2.45) is 0 Å². The van der Waals surface area contributed by atoms with Gasteiger partial charge in [-0.25, -0.2) is 9.97 Å². The highest BCUT2D eigenvalue weighted by Crippen LogP contribution is 2.17. The molecule has 0 aliphatic carbocycles. The van der Waals surface area contributed by atoms with Gasteiger partial charge in [-0.05, 0) is 0 Å². The molecule has 0 unspecified atom stereocenters. The van der Waals surface area contributed by atoms with E-state index in [0.717, 1.165) is 0 Å².